The number of tetrazole rings is 1. The van der Waals surface area contributed by atoms with Crippen molar-refractivity contribution in [1.82, 2.24) is 25.5 Å². The fraction of sp³-hybridized carbons (Fsp3) is 0.318. The summed E-state index contributed by atoms with van der Waals surface area (Å²) in [5.41, 5.74) is 3.65. The Labute approximate surface area is 174 Å². The summed E-state index contributed by atoms with van der Waals surface area (Å²) in [6, 6.07) is 14.6. The number of hydrogen-bond donors (Lipinski definition) is 2. The molecule has 0 saturated carbocycles. The van der Waals surface area contributed by atoms with Crippen LogP contribution in [0.25, 0.3) is 22.5 Å². The number of amides is 1. The molecule has 2 N–H and O–H groups in total. The lowest BCUT2D eigenvalue weighted by Gasteiger charge is -2.27. The highest BCUT2D eigenvalue weighted by Crippen LogP contribution is 2.30. The summed E-state index contributed by atoms with van der Waals surface area (Å²) in [5, 5.41) is 23.6. The van der Waals surface area contributed by atoms with Crippen LogP contribution >= 0.6 is 0 Å². The van der Waals surface area contributed by atoms with Crippen molar-refractivity contribution in [2.75, 3.05) is 0 Å². The number of hydrogen-bond acceptors (Lipinski definition) is 5. The molecular formula is C22H25N5O3. The van der Waals surface area contributed by atoms with Gasteiger partial charge >= 0.3 is 5.97 Å². The van der Waals surface area contributed by atoms with Crippen LogP contribution < -0.4 is 0 Å². The Morgan fingerprint density at radius 3 is 2.40 bits per heavy atom. The molecule has 1 heterocycles. The maximum absolute atomic E-state index is 12.6. The number of carboxylic acids is 1. The third kappa shape index (κ3) is 4.89. The fourth-order valence-electron chi connectivity index (χ4n) is 3.24. The molecule has 3 rings (SSSR count). The molecule has 30 heavy (non-hydrogen) atoms. The molecular weight excluding hydrogens is 382 g/mol. The molecule has 1 amide bonds. The molecule has 0 aliphatic rings. The molecule has 0 saturated heterocycles. The van der Waals surface area contributed by atoms with Crippen molar-refractivity contribution < 1.29 is 14.7 Å². The largest absolute Gasteiger partial charge is 0.480 e. The lowest BCUT2D eigenvalue weighted by Crippen LogP contribution is -2.42. The van der Waals surface area contributed by atoms with Gasteiger partial charge in [0.25, 0.3) is 0 Å². The van der Waals surface area contributed by atoms with E-state index >= 15 is 0 Å². The number of unbranched alkanes of at least 4 members (excludes halogenated alkanes) is 1. The Kier molecular flexibility index (Phi) is 6.90. The molecule has 0 aliphatic heterocycles. The Balaban J connectivity index is 1.83. The number of nitrogens with one attached hydrogen (secondary N) is 1. The van der Waals surface area contributed by atoms with Crippen molar-refractivity contribution >= 4 is 11.9 Å². The van der Waals surface area contributed by atoms with Crippen molar-refractivity contribution in [2.24, 2.45) is 0 Å². The van der Waals surface area contributed by atoms with E-state index in [-0.39, 0.29) is 12.5 Å². The number of aromatic amines is 1. The van der Waals surface area contributed by atoms with Crippen molar-refractivity contribution in [3.63, 3.8) is 0 Å². The third-order valence-electron chi connectivity index (χ3n) is 5.02. The maximum Gasteiger partial charge on any atom is 0.326 e. The standard InChI is InChI=1S/C22H25N5O3/c1-3-4-9-20(28)27(15(2)22(29)30)14-16-10-12-17(13-11-16)18-7-5-6-8-19(18)21-23-25-26-24-21/h5-8,10-13,15H,3-4,9,14H2,1-2H3,(H,29,30)(H,23,24,25,26)/t15-/m1/s1. The van der Waals surface area contributed by atoms with Gasteiger partial charge in [0.2, 0.25) is 11.7 Å². The highest BCUT2D eigenvalue weighted by Gasteiger charge is 2.25. The van der Waals surface area contributed by atoms with Gasteiger partial charge in [-0.3, -0.25) is 4.79 Å². The van der Waals surface area contributed by atoms with Gasteiger partial charge in [0.15, 0.2) is 0 Å². The lowest BCUT2D eigenvalue weighted by molar-refractivity contribution is -0.150. The molecule has 0 aliphatic carbocycles. The predicted octanol–water partition coefficient (Wildman–Crippen LogP) is 3.53. The van der Waals surface area contributed by atoms with Gasteiger partial charge in [0.1, 0.15) is 6.04 Å². The summed E-state index contributed by atoms with van der Waals surface area (Å²) in [6.07, 6.45) is 1.98. The van der Waals surface area contributed by atoms with Crippen molar-refractivity contribution in [2.45, 2.75) is 45.7 Å². The molecule has 0 unspecified atom stereocenters. The first-order valence-electron chi connectivity index (χ1n) is 9.95. The number of aliphatic carboxylic acids is 1. The highest BCUT2D eigenvalue weighted by atomic mass is 16.4. The quantitative estimate of drug-likeness (QED) is 0.561. The second-order valence-electron chi connectivity index (χ2n) is 7.12. The number of carbonyl (C=O) groups excluding carboxylic acids is 1. The Bertz CT molecular complexity index is 986. The van der Waals surface area contributed by atoms with Crippen LogP contribution in [0.4, 0.5) is 0 Å². The first-order valence-corrected chi connectivity index (χ1v) is 9.95. The number of nitrogens with zero attached hydrogens (tertiary/aromatic N) is 4. The molecule has 2 aromatic carbocycles. The SMILES string of the molecule is CCCCC(=O)N(Cc1ccc(-c2ccccc2-c2nn[nH]n2)cc1)[C@H](C)C(=O)O. The molecule has 1 atom stereocenters. The summed E-state index contributed by atoms with van der Waals surface area (Å²) in [5.74, 6) is -0.638. The molecule has 0 bridgehead atoms. The Morgan fingerprint density at radius 1 is 1.10 bits per heavy atom. The molecule has 1 aromatic heterocycles. The molecule has 0 radical (unpaired) electrons. The number of rotatable bonds is 9. The summed E-state index contributed by atoms with van der Waals surface area (Å²) >= 11 is 0. The monoisotopic (exact) mass is 407 g/mol. The minimum absolute atomic E-state index is 0.140. The zero-order valence-corrected chi connectivity index (χ0v) is 17.1. The van der Waals surface area contributed by atoms with Gasteiger partial charge < -0.3 is 10.0 Å². The normalized spacial score (nSPS) is 11.8. The van der Waals surface area contributed by atoms with E-state index in [2.05, 4.69) is 20.6 Å². The summed E-state index contributed by atoms with van der Waals surface area (Å²) in [4.78, 5) is 25.5. The van der Waals surface area contributed by atoms with Crippen LogP contribution in [-0.2, 0) is 16.1 Å². The van der Waals surface area contributed by atoms with E-state index in [9.17, 15) is 14.7 Å². The Hall–Kier alpha value is -3.55. The minimum Gasteiger partial charge on any atom is -0.480 e. The lowest BCUT2D eigenvalue weighted by atomic mass is 9.98. The number of benzene rings is 2. The second kappa shape index (κ2) is 9.78. The van der Waals surface area contributed by atoms with Crippen LogP contribution in [-0.4, -0.2) is 48.5 Å². The van der Waals surface area contributed by atoms with Crippen LogP contribution in [0.5, 0.6) is 0 Å². The first kappa shape index (κ1) is 21.2. The maximum atomic E-state index is 12.6. The van der Waals surface area contributed by atoms with Crippen LogP contribution in [0.3, 0.4) is 0 Å². The van der Waals surface area contributed by atoms with Gasteiger partial charge in [-0.05, 0) is 35.2 Å². The van der Waals surface area contributed by atoms with E-state index in [0.717, 1.165) is 35.1 Å². The third-order valence-corrected chi connectivity index (χ3v) is 5.02. The Morgan fingerprint density at radius 2 is 1.80 bits per heavy atom. The van der Waals surface area contributed by atoms with E-state index < -0.39 is 12.0 Å². The van der Waals surface area contributed by atoms with Crippen LogP contribution in [0.15, 0.2) is 48.5 Å². The van der Waals surface area contributed by atoms with E-state index in [1.54, 1.807) is 6.92 Å². The van der Waals surface area contributed by atoms with Crippen molar-refractivity contribution in [3.8, 4) is 22.5 Å². The second-order valence-corrected chi connectivity index (χ2v) is 7.12. The van der Waals surface area contributed by atoms with Gasteiger partial charge in [-0.25, -0.2) is 4.79 Å². The van der Waals surface area contributed by atoms with Crippen molar-refractivity contribution in [3.05, 3.63) is 54.1 Å². The molecule has 8 heteroatoms. The average Bonchev–Trinajstić information content (AvgIpc) is 3.30. The van der Waals surface area contributed by atoms with Gasteiger partial charge in [-0.2, -0.15) is 5.21 Å². The molecule has 3 aromatic rings. The number of carbonyl (C=O) groups is 2. The number of aromatic nitrogens is 4. The van der Waals surface area contributed by atoms with E-state index in [0.29, 0.717) is 12.2 Å². The zero-order valence-electron chi connectivity index (χ0n) is 17.1. The molecule has 156 valence electrons. The highest BCUT2D eigenvalue weighted by molar-refractivity contribution is 5.83. The number of carboxylic acid groups (broad SMARTS) is 1. The predicted molar refractivity (Wildman–Crippen MR) is 112 cm³/mol. The smallest absolute Gasteiger partial charge is 0.326 e. The van der Waals surface area contributed by atoms with Crippen molar-refractivity contribution in [1.29, 1.82) is 0 Å². The number of H-pyrrole nitrogens is 1. The minimum atomic E-state index is -1.01. The van der Waals surface area contributed by atoms with E-state index in [1.165, 1.54) is 4.90 Å². The van der Waals surface area contributed by atoms with Gasteiger partial charge in [0.05, 0.1) is 0 Å². The van der Waals surface area contributed by atoms with Gasteiger partial charge in [-0.1, -0.05) is 61.9 Å². The van der Waals surface area contributed by atoms with E-state index in [1.807, 2.05) is 55.5 Å². The zero-order chi connectivity index (χ0) is 21.5. The summed E-state index contributed by atoms with van der Waals surface area (Å²) in [7, 11) is 0. The van der Waals surface area contributed by atoms with Gasteiger partial charge in [-0.15, -0.1) is 10.2 Å². The first-order chi connectivity index (χ1) is 14.5. The summed E-state index contributed by atoms with van der Waals surface area (Å²) in [6.45, 7) is 3.80. The van der Waals surface area contributed by atoms with Crippen LogP contribution in [0, 0.1) is 0 Å². The van der Waals surface area contributed by atoms with Crippen LogP contribution in [0.2, 0.25) is 0 Å². The molecule has 0 fully saturated rings. The van der Waals surface area contributed by atoms with E-state index in [4.69, 9.17) is 0 Å². The average molecular weight is 407 g/mol. The van der Waals surface area contributed by atoms with Crippen LogP contribution in [0.1, 0.15) is 38.7 Å². The topological polar surface area (TPSA) is 112 Å². The van der Waals surface area contributed by atoms with Gasteiger partial charge in [0, 0.05) is 18.5 Å². The summed E-state index contributed by atoms with van der Waals surface area (Å²) < 4.78 is 0. The molecule has 8 nitrogen and oxygen atoms in total. The fourth-order valence-corrected chi connectivity index (χ4v) is 3.24. The molecule has 0 spiro atoms.